The Morgan fingerprint density at radius 1 is 1.15 bits per heavy atom. The van der Waals surface area contributed by atoms with Gasteiger partial charge in [0.05, 0.1) is 5.52 Å². The predicted molar refractivity (Wildman–Crippen MR) is 101 cm³/mol. The van der Waals surface area contributed by atoms with Crippen LogP contribution in [0.3, 0.4) is 0 Å². The monoisotopic (exact) mass is 347 g/mol. The van der Waals surface area contributed by atoms with Crippen LogP contribution in [0.5, 0.6) is 0 Å². The van der Waals surface area contributed by atoms with Gasteiger partial charge in [0.15, 0.2) is 5.69 Å². The quantitative estimate of drug-likeness (QED) is 0.716. The van der Waals surface area contributed by atoms with Crippen molar-refractivity contribution in [2.24, 2.45) is 0 Å². The summed E-state index contributed by atoms with van der Waals surface area (Å²) < 4.78 is 1.73. The third-order valence-electron chi connectivity index (χ3n) is 5.16. The molecule has 3 aromatic rings. The van der Waals surface area contributed by atoms with Gasteiger partial charge in [-0.05, 0) is 49.1 Å². The number of para-hydroxylation sites is 1. The largest absolute Gasteiger partial charge is 0.332 e. The van der Waals surface area contributed by atoms with E-state index in [-0.39, 0.29) is 17.0 Å². The SMILES string of the molecule is CCn1nc(C(=O)N2CCc3cccc(C)c3C2)c(=O)c2ccccc21. The summed E-state index contributed by atoms with van der Waals surface area (Å²) in [5.74, 6) is -0.281. The third kappa shape index (κ3) is 2.60. The van der Waals surface area contributed by atoms with E-state index in [4.69, 9.17) is 0 Å². The van der Waals surface area contributed by atoms with Crippen LogP contribution in [0.4, 0.5) is 0 Å². The Morgan fingerprint density at radius 3 is 2.77 bits per heavy atom. The van der Waals surface area contributed by atoms with Crippen LogP contribution < -0.4 is 5.43 Å². The van der Waals surface area contributed by atoms with E-state index in [1.54, 1.807) is 15.6 Å². The molecule has 0 unspecified atom stereocenters. The Bertz CT molecular complexity index is 1070. The van der Waals surface area contributed by atoms with Crippen molar-refractivity contribution < 1.29 is 4.79 Å². The molecule has 0 fully saturated rings. The van der Waals surface area contributed by atoms with Crippen molar-refractivity contribution in [3.63, 3.8) is 0 Å². The van der Waals surface area contributed by atoms with Gasteiger partial charge in [0.2, 0.25) is 5.43 Å². The lowest BCUT2D eigenvalue weighted by Gasteiger charge is -2.29. The molecule has 0 spiro atoms. The van der Waals surface area contributed by atoms with Gasteiger partial charge in [0, 0.05) is 25.0 Å². The van der Waals surface area contributed by atoms with Crippen molar-refractivity contribution in [2.75, 3.05) is 6.54 Å². The summed E-state index contributed by atoms with van der Waals surface area (Å²) in [4.78, 5) is 27.7. The minimum absolute atomic E-state index is 0.0163. The highest BCUT2D eigenvalue weighted by molar-refractivity contribution is 5.95. The molecule has 1 aromatic heterocycles. The first kappa shape index (κ1) is 16.5. The lowest BCUT2D eigenvalue weighted by atomic mass is 9.95. The number of carbonyl (C=O) groups is 1. The van der Waals surface area contributed by atoms with Gasteiger partial charge in [-0.2, -0.15) is 5.10 Å². The number of fused-ring (bicyclic) bond motifs is 2. The lowest BCUT2D eigenvalue weighted by molar-refractivity contribution is 0.0724. The van der Waals surface area contributed by atoms with Crippen LogP contribution in [-0.2, 0) is 19.5 Å². The van der Waals surface area contributed by atoms with E-state index in [1.807, 2.05) is 25.1 Å². The fourth-order valence-corrected chi connectivity index (χ4v) is 3.69. The van der Waals surface area contributed by atoms with Crippen LogP contribution in [0, 0.1) is 6.92 Å². The molecule has 0 saturated heterocycles. The molecular formula is C21H21N3O2. The van der Waals surface area contributed by atoms with Gasteiger partial charge in [-0.25, -0.2) is 0 Å². The Morgan fingerprint density at radius 2 is 1.96 bits per heavy atom. The molecule has 5 heteroatoms. The smallest absolute Gasteiger partial charge is 0.278 e. The molecule has 1 aliphatic rings. The Hall–Kier alpha value is -2.95. The number of hydrogen-bond acceptors (Lipinski definition) is 3. The first-order valence-electron chi connectivity index (χ1n) is 8.96. The highest BCUT2D eigenvalue weighted by Gasteiger charge is 2.26. The van der Waals surface area contributed by atoms with Crippen molar-refractivity contribution >= 4 is 16.8 Å². The van der Waals surface area contributed by atoms with E-state index in [0.29, 0.717) is 25.0 Å². The summed E-state index contributed by atoms with van der Waals surface area (Å²) >= 11 is 0. The fraction of sp³-hybridized carbons (Fsp3) is 0.286. The van der Waals surface area contributed by atoms with Crippen LogP contribution in [0.25, 0.3) is 10.9 Å². The van der Waals surface area contributed by atoms with Gasteiger partial charge in [0.25, 0.3) is 5.91 Å². The number of rotatable bonds is 2. The molecule has 0 aliphatic carbocycles. The predicted octanol–water partition coefficient (Wildman–Crippen LogP) is 2.92. The zero-order valence-corrected chi connectivity index (χ0v) is 15.0. The number of carbonyl (C=O) groups excluding carboxylic acids is 1. The molecule has 4 rings (SSSR count). The molecule has 132 valence electrons. The molecular weight excluding hydrogens is 326 g/mol. The third-order valence-corrected chi connectivity index (χ3v) is 5.16. The number of hydrogen-bond donors (Lipinski definition) is 0. The summed E-state index contributed by atoms with van der Waals surface area (Å²) in [7, 11) is 0. The summed E-state index contributed by atoms with van der Waals surface area (Å²) in [6.45, 7) is 5.75. The molecule has 2 heterocycles. The molecule has 0 N–H and O–H groups in total. The summed E-state index contributed by atoms with van der Waals surface area (Å²) in [6.07, 6.45) is 0.804. The normalized spacial score (nSPS) is 13.7. The van der Waals surface area contributed by atoms with Crippen LogP contribution in [-0.4, -0.2) is 27.1 Å². The first-order chi connectivity index (χ1) is 12.6. The number of aryl methyl sites for hydroxylation is 2. The average molecular weight is 347 g/mol. The van der Waals surface area contributed by atoms with E-state index in [0.717, 1.165) is 11.9 Å². The maximum Gasteiger partial charge on any atom is 0.278 e. The van der Waals surface area contributed by atoms with Crippen LogP contribution in [0.15, 0.2) is 47.3 Å². The zero-order valence-electron chi connectivity index (χ0n) is 15.0. The van der Waals surface area contributed by atoms with Crippen molar-refractivity contribution in [1.29, 1.82) is 0 Å². The molecule has 0 radical (unpaired) electrons. The van der Waals surface area contributed by atoms with E-state index >= 15 is 0 Å². The Balaban J connectivity index is 1.77. The average Bonchev–Trinajstić information content (AvgIpc) is 2.68. The molecule has 0 saturated carbocycles. The van der Waals surface area contributed by atoms with Crippen molar-refractivity contribution in [3.8, 4) is 0 Å². The molecule has 1 aliphatic heterocycles. The fourth-order valence-electron chi connectivity index (χ4n) is 3.69. The van der Waals surface area contributed by atoms with E-state index < -0.39 is 0 Å². The van der Waals surface area contributed by atoms with Crippen molar-refractivity contribution in [2.45, 2.75) is 33.4 Å². The first-order valence-corrected chi connectivity index (χ1v) is 8.96. The molecule has 1 amide bonds. The molecule has 5 nitrogen and oxygen atoms in total. The molecule has 26 heavy (non-hydrogen) atoms. The van der Waals surface area contributed by atoms with Gasteiger partial charge in [0.1, 0.15) is 0 Å². The zero-order chi connectivity index (χ0) is 18.3. The number of benzene rings is 2. The second-order valence-corrected chi connectivity index (χ2v) is 6.70. The second-order valence-electron chi connectivity index (χ2n) is 6.70. The minimum Gasteiger partial charge on any atom is -0.332 e. The second kappa shape index (κ2) is 6.41. The van der Waals surface area contributed by atoms with Gasteiger partial charge < -0.3 is 4.90 Å². The number of amides is 1. The molecule has 0 atom stereocenters. The minimum atomic E-state index is -0.286. The maximum atomic E-state index is 13.1. The van der Waals surface area contributed by atoms with Crippen molar-refractivity contribution in [1.82, 2.24) is 14.7 Å². The number of nitrogens with zero attached hydrogens (tertiary/aromatic N) is 3. The standard InChI is InChI=1S/C21H21N3O2/c1-3-24-18-10-5-4-9-16(18)20(25)19(22-24)21(26)23-12-11-15-8-6-7-14(2)17(15)13-23/h4-10H,3,11-13H2,1-2H3. The number of aromatic nitrogens is 2. The van der Waals surface area contributed by atoms with E-state index in [1.165, 1.54) is 16.7 Å². The molecule has 2 aromatic carbocycles. The Kier molecular flexibility index (Phi) is 4.07. The van der Waals surface area contributed by atoms with E-state index in [2.05, 4.69) is 30.2 Å². The molecule has 0 bridgehead atoms. The topological polar surface area (TPSA) is 55.2 Å². The van der Waals surface area contributed by atoms with Gasteiger partial charge >= 0.3 is 0 Å². The summed E-state index contributed by atoms with van der Waals surface area (Å²) in [5.41, 5.74) is 4.14. The van der Waals surface area contributed by atoms with Crippen LogP contribution in [0.1, 0.15) is 34.1 Å². The van der Waals surface area contributed by atoms with Gasteiger partial charge in [-0.3, -0.25) is 14.3 Å². The maximum absolute atomic E-state index is 13.1. The highest BCUT2D eigenvalue weighted by atomic mass is 16.2. The Labute approximate surface area is 151 Å². The van der Waals surface area contributed by atoms with Gasteiger partial charge in [-0.1, -0.05) is 30.3 Å². The van der Waals surface area contributed by atoms with Crippen LogP contribution >= 0.6 is 0 Å². The lowest BCUT2D eigenvalue weighted by Crippen LogP contribution is -2.39. The van der Waals surface area contributed by atoms with E-state index in [9.17, 15) is 9.59 Å². The van der Waals surface area contributed by atoms with Crippen LogP contribution in [0.2, 0.25) is 0 Å². The summed E-state index contributed by atoms with van der Waals surface area (Å²) in [6, 6.07) is 13.5. The van der Waals surface area contributed by atoms with Gasteiger partial charge in [-0.15, -0.1) is 0 Å². The summed E-state index contributed by atoms with van der Waals surface area (Å²) in [5, 5.41) is 4.93. The highest BCUT2D eigenvalue weighted by Crippen LogP contribution is 2.23. The van der Waals surface area contributed by atoms with Crippen molar-refractivity contribution in [3.05, 3.63) is 75.1 Å².